The van der Waals surface area contributed by atoms with Crippen molar-refractivity contribution in [3.8, 4) is 0 Å². The van der Waals surface area contributed by atoms with Crippen LogP contribution in [0.5, 0.6) is 0 Å². The topological polar surface area (TPSA) is 299 Å². The fraction of sp³-hybridized carbons (Fsp3) is 0.700. The Morgan fingerprint density at radius 3 is 1.97 bits per heavy atom. The zero-order chi connectivity index (χ0) is 27.8. The van der Waals surface area contributed by atoms with Crippen molar-refractivity contribution in [1.29, 1.82) is 0 Å². The molecule has 0 bridgehead atoms. The summed E-state index contributed by atoms with van der Waals surface area (Å²) < 4.78 is 0. The van der Waals surface area contributed by atoms with Crippen molar-refractivity contribution in [2.75, 3.05) is 13.1 Å². The van der Waals surface area contributed by atoms with Gasteiger partial charge >= 0.3 is 11.9 Å². The van der Waals surface area contributed by atoms with E-state index in [1.54, 1.807) is 0 Å². The monoisotopic (exact) mass is 518 g/mol. The van der Waals surface area contributed by atoms with Gasteiger partial charge in [0, 0.05) is 6.54 Å². The molecule has 0 aromatic heterocycles. The number of rotatable bonds is 18. The zero-order valence-electron chi connectivity index (χ0n) is 20.2. The smallest absolute Gasteiger partial charge is 0.326 e. The lowest BCUT2D eigenvalue weighted by molar-refractivity contribution is -0.144. The lowest BCUT2D eigenvalue weighted by Crippen LogP contribution is -2.60. The van der Waals surface area contributed by atoms with Crippen LogP contribution in [0.1, 0.15) is 45.4 Å². The maximum absolute atomic E-state index is 12.7. The second-order valence-corrected chi connectivity index (χ2v) is 8.13. The molecule has 0 aliphatic rings. The minimum absolute atomic E-state index is 0.0575. The van der Waals surface area contributed by atoms with Gasteiger partial charge in [0.25, 0.3) is 0 Å². The van der Waals surface area contributed by atoms with Crippen LogP contribution in [0.2, 0.25) is 0 Å². The molecule has 0 heterocycles. The van der Waals surface area contributed by atoms with Gasteiger partial charge in [-0.3, -0.25) is 24.2 Å². The van der Waals surface area contributed by atoms with Crippen LogP contribution in [0, 0.1) is 0 Å². The number of aliphatic carboxylic acids is 2. The van der Waals surface area contributed by atoms with Crippen LogP contribution >= 0.6 is 0 Å². The van der Waals surface area contributed by atoms with Gasteiger partial charge in [0.15, 0.2) is 5.96 Å². The molecule has 16 nitrogen and oxygen atoms in total. The van der Waals surface area contributed by atoms with Crippen LogP contribution < -0.4 is 38.9 Å². The van der Waals surface area contributed by atoms with Crippen molar-refractivity contribution >= 4 is 35.6 Å². The predicted octanol–water partition coefficient (Wildman–Crippen LogP) is -4.11. The highest BCUT2D eigenvalue weighted by atomic mass is 16.4. The number of guanidine groups is 1. The van der Waals surface area contributed by atoms with Crippen molar-refractivity contribution in [3.05, 3.63) is 0 Å². The van der Waals surface area contributed by atoms with Crippen molar-refractivity contribution in [1.82, 2.24) is 16.0 Å². The third-order valence-corrected chi connectivity index (χ3v) is 4.94. The van der Waals surface area contributed by atoms with Crippen LogP contribution in [-0.4, -0.2) is 94.3 Å². The molecule has 0 fully saturated rings. The first-order valence-corrected chi connectivity index (χ1v) is 11.3. The minimum atomic E-state index is -1.65. The van der Waals surface area contributed by atoms with Crippen molar-refractivity contribution in [3.63, 3.8) is 0 Å². The molecule has 0 saturated carbocycles. The quantitative estimate of drug-likeness (QED) is 0.0470. The zero-order valence-corrected chi connectivity index (χ0v) is 20.2. The first kappa shape index (κ1) is 32.5. The third-order valence-electron chi connectivity index (χ3n) is 4.94. The molecular formula is C20H38N8O8. The third kappa shape index (κ3) is 13.4. The summed E-state index contributed by atoms with van der Waals surface area (Å²) in [5.41, 5.74) is 21.6. The number of carbonyl (C=O) groups excluding carboxylic acids is 3. The number of carboxylic acid groups (broad SMARTS) is 2. The van der Waals surface area contributed by atoms with Gasteiger partial charge in [0.1, 0.15) is 18.1 Å². The van der Waals surface area contributed by atoms with E-state index in [-0.39, 0.29) is 31.8 Å². The highest BCUT2D eigenvalue weighted by molar-refractivity contribution is 5.95. The van der Waals surface area contributed by atoms with E-state index in [1.807, 2.05) is 0 Å². The summed E-state index contributed by atoms with van der Waals surface area (Å²) in [6.45, 7) is 1.68. The number of unbranched alkanes of at least 4 members (excludes halogenated alkanes) is 1. The molecule has 3 amide bonds. The summed E-state index contributed by atoms with van der Waals surface area (Å²) in [5, 5.41) is 35.1. The summed E-state index contributed by atoms with van der Waals surface area (Å²) in [7, 11) is 0. The summed E-state index contributed by atoms with van der Waals surface area (Å²) in [6, 6.07) is -5.67. The SMILES string of the molecule is CC(O)C(NC(=O)C(CC(=O)O)NC(=O)C(N)CCCCN)C(=O)NC(CCCN=C(N)N)C(=O)O. The number of carboxylic acids is 2. The van der Waals surface area contributed by atoms with Crippen LogP contribution in [0.25, 0.3) is 0 Å². The van der Waals surface area contributed by atoms with Gasteiger partial charge in [-0.2, -0.15) is 0 Å². The fourth-order valence-electron chi connectivity index (χ4n) is 2.98. The molecule has 0 saturated heterocycles. The molecule has 0 aliphatic heterocycles. The van der Waals surface area contributed by atoms with Crippen LogP contribution in [0.15, 0.2) is 4.99 Å². The summed E-state index contributed by atoms with van der Waals surface area (Å²) in [4.78, 5) is 64.1. The van der Waals surface area contributed by atoms with E-state index in [1.165, 1.54) is 0 Å². The number of aliphatic imine (C=N–C) groups is 1. The van der Waals surface area contributed by atoms with E-state index in [2.05, 4.69) is 20.9 Å². The largest absolute Gasteiger partial charge is 0.481 e. The average molecular weight is 519 g/mol. The molecule has 0 spiro atoms. The maximum atomic E-state index is 12.7. The molecule has 0 aliphatic carbocycles. The summed E-state index contributed by atoms with van der Waals surface area (Å²) >= 11 is 0. The van der Waals surface area contributed by atoms with Crippen molar-refractivity contribution in [2.24, 2.45) is 27.9 Å². The van der Waals surface area contributed by atoms with Gasteiger partial charge in [-0.15, -0.1) is 0 Å². The Bertz CT molecular complexity index is 788. The van der Waals surface area contributed by atoms with Crippen molar-refractivity contribution < 1.29 is 39.3 Å². The normalized spacial score (nSPS) is 14.9. The van der Waals surface area contributed by atoms with E-state index in [4.69, 9.17) is 28.0 Å². The highest BCUT2D eigenvalue weighted by Gasteiger charge is 2.33. The van der Waals surface area contributed by atoms with Crippen molar-refractivity contribution in [2.45, 2.75) is 75.7 Å². The van der Waals surface area contributed by atoms with Gasteiger partial charge in [-0.25, -0.2) is 4.79 Å². The van der Waals surface area contributed by atoms with Crippen LogP contribution in [-0.2, 0) is 24.0 Å². The molecule has 5 unspecified atom stereocenters. The first-order chi connectivity index (χ1) is 16.8. The Morgan fingerprint density at radius 2 is 1.47 bits per heavy atom. The second kappa shape index (κ2) is 17.0. The van der Waals surface area contributed by atoms with E-state index >= 15 is 0 Å². The molecule has 5 atom stereocenters. The lowest BCUT2D eigenvalue weighted by Gasteiger charge is -2.26. The number of nitrogens with zero attached hydrogens (tertiary/aromatic N) is 1. The molecule has 0 aromatic carbocycles. The van der Waals surface area contributed by atoms with Crippen LogP contribution in [0.3, 0.4) is 0 Å². The van der Waals surface area contributed by atoms with Gasteiger partial charge in [0.05, 0.1) is 18.6 Å². The number of aliphatic hydroxyl groups excluding tert-OH is 1. The van der Waals surface area contributed by atoms with Gasteiger partial charge < -0.3 is 54.2 Å². The van der Waals surface area contributed by atoms with E-state index in [0.29, 0.717) is 19.4 Å². The molecule has 0 aromatic rings. The summed E-state index contributed by atoms with van der Waals surface area (Å²) in [6.07, 6.45) is -0.757. The molecular weight excluding hydrogens is 480 g/mol. The number of nitrogens with two attached hydrogens (primary N) is 4. The van der Waals surface area contributed by atoms with Crippen LogP contribution in [0.4, 0.5) is 0 Å². The molecule has 0 radical (unpaired) electrons. The Labute approximate surface area is 208 Å². The number of amides is 3. The first-order valence-electron chi connectivity index (χ1n) is 11.3. The Kier molecular flexibility index (Phi) is 15.4. The molecule has 14 N–H and O–H groups in total. The standard InChI is InChI=1S/C20H38N8O8/c1-10(29)15(18(34)26-12(19(35)36)6-4-8-25-20(23)24)28-17(33)13(9-14(30)31)27-16(32)11(22)5-2-3-7-21/h10-13,15,29H,2-9,21-22H2,1H3,(H,26,34)(H,27,32)(H,28,33)(H,30,31)(H,35,36)(H4,23,24,25). The van der Waals surface area contributed by atoms with Gasteiger partial charge in [-0.1, -0.05) is 6.42 Å². The number of aliphatic hydroxyl groups is 1. The highest BCUT2D eigenvalue weighted by Crippen LogP contribution is 2.04. The van der Waals surface area contributed by atoms with Gasteiger partial charge in [0.2, 0.25) is 17.7 Å². The van der Waals surface area contributed by atoms with Gasteiger partial charge in [-0.05, 0) is 39.2 Å². The van der Waals surface area contributed by atoms with E-state index < -0.39 is 66.4 Å². The Morgan fingerprint density at radius 1 is 0.861 bits per heavy atom. The number of hydrogen-bond acceptors (Lipinski definition) is 9. The second-order valence-electron chi connectivity index (χ2n) is 8.13. The maximum Gasteiger partial charge on any atom is 0.326 e. The predicted molar refractivity (Wildman–Crippen MR) is 128 cm³/mol. The molecule has 16 heteroatoms. The fourth-order valence-corrected chi connectivity index (χ4v) is 2.98. The number of hydrogen-bond donors (Lipinski definition) is 10. The van der Waals surface area contributed by atoms with E-state index in [9.17, 15) is 34.2 Å². The number of nitrogens with one attached hydrogen (secondary N) is 3. The molecule has 206 valence electrons. The average Bonchev–Trinajstić information content (AvgIpc) is 2.77. The Balaban J connectivity index is 5.33. The minimum Gasteiger partial charge on any atom is -0.481 e. The molecule has 36 heavy (non-hydrogen) atoms. The van der Waals surface area contributed by atoms with E-state index in [0.717, 1.165) is 6.92 Å². The number of carbonyl (C=O) groups is 5. The Hall–Kier alpha value is -3.50. The molecule has 0 rings (SSSR count). The lowest BCUT2D eigenvalue weighted by atomic mass is 10.1. The summed E-state index contributed by atoms with van der Waals surface area (Å²) in [5.74, 6) is -5.87.